The third kappa shape index (κ3) is 6.42. The second-order valence-electron chi connectivity index (χ2n) is 7.58. The number of piperazine rings is 1. The number of nitrogens with zero attached hydrogens (tertiary/aromatic N) is 3. The molecule has 2 heterocycles. The zero-order chi connectivity index (χ0) is 20.5. The van der Waals surface area contributed by atoms with Gasteiger partial charge < -0.3 is 19.7 Å². The van der Waals surface area contributed by atoms with Crippen LogP contribution in [0, 0.1) is 0 Å². The largest absolute Gasteiger partial charge is 0.493 e. The summed E-state index contributed by atoms with van der Waals surface area (Å²) in [6, 6.07) is 10.6. The van der Waals surface area contributed by atoms with Crippen LogP contribution in [0.1, 0.15) is 25.0 Å². The number of likely N-dealkylation sites (N-methyl/N-ethyl adjacent to an activating group) is 1. The molecule has 0 amide bonds. The molecule has 0 saturated carbocycles. The van der Waals surface area contributed by atoms with Gasteiger partial charge in [-0.15, -0.1) is 0 Å². The molecule has 1 unspecified atom stereocenters. The van der Waals surface area contributed by atoms with Crippen LogP contribution in [-0.2, 0) is 13.2 Å². The lowest BCUT2D eigenvalue weighted by atomic mass is 10.2. The fraction of sp³-hybridized carbons (Fsp3) is 0.522. The molecule has 1 N–H and O–H groups in total. The molecule has 1 aromatic carbocycles. The van der Waals surface area contributed by atoms with Gasteiger partial charge in [0, 0.05) is 57.7 Å². The van der Waals surface area contributed by atoms with Crippen LogP contribution >= 0.6 is 0 Å². The SMILES string of the molecule is CCN1CCN(C(C)CNCc2ccc(OCc3ccncc3)c(OC)c2)CC1. The van der Waals surface area contributed by atoms with Crippen molar-refractivity contribution in [3.63, 3.8) is 0 Å². The summed E-state index contributed by atoms with van der Waals surface area (Å²) in [6.45, 7) is 12.7. The van der Waals surface area contributed by atoms with Crippen LogP contribution in [0.4, 0.5) is 0 Å². The minimum Gasteiger partial charge on any atom is -0.493 e. The van der Waals surface area contributed by atoms with E-state index < -0.39 is 0 Å². The third-order valence-corrected chi connectivity index (χ3v) is 5.62. The summed E-state index contributed by atoms with van der Waals surface area (Å²) in [5.74, 6) is 1.53. The first kappa shape index (κ1) is 21.6. The molecule has 0 aliphatic carbocycles. The van der Waals surface area contributed by atoms with E-state index in [-0.39, 0.29) is 0 Å². The number of benzene rings is 1. The summed E-state index contributed by atoms with van der Waals surface area (Å²) >= 11 is 0. The van der Waals surface area contributed by atoms with Crippen molar-refractivity contribution in [1.29, 1.82) is 0 Å². The normalized spacial score (nSPS) is 16.5. The lowest BCUT2D eigenvalue weighted by Crippen LogP contribution is -2.51. The van der Waals surface area contributed by atoms with Gasteiger partial charge in [0.05, 0.1) is 7.11 Å². The Labute approximate surface area is 174 Å². The topological polar surface area (TPSA) is 49.9 Å². The van der Waals surface area contributed by atoms with Crippen molar-refractivity contribution < 1.29 is 9.47 Å². The second-order valence-corrected chi connectivity index (χ2v) is 7.58. The number of pyridine rings is 1. The molecule has 1 saturated heterocycles. The molecule has 29 heavy (non-hydrogen) atoms. The predicted octanol–water partition coefficient (Wildman–Crippen LogP) is 2.78. The Morgan fingerprint density at radius 1 is 1.03 bits per heavy atom. The molecule has 6 nitrogen and oxygen atoms in total. The van der Waals surface area contributed by atoms with Crippen LogP contribution in [0.25, 0.3) is 0 Å². The number of hydrogen-bond donors (Lipinski definition) is 1. The number of nitrogens with one attached hydrogen (secondary N) is 1. The summed E-state index contributed by atoms with van der Waals surface area (Å²) in [7, 11) is 1.68. The summed E-state index contributed by atoms with van der Waals surface area (Å²) < 4.78 is 11.5. The zero-order valence-electron chi connectivity index (χ0n) is 17.9. The van der Waals surface area contributed by atoms with E-state index >= 15 is 0 Å². The minimum absolute atomic E-state index is 0.499. The van der Waals surface area contributed by atoms with Gasteiger partial charge in [0.1, 0.15) is 6.61 Å². The van der Waals surface area contributed by atoms with Gasteiger partial charge in [-0.2, -0.15) is 0 Å². The first-order valence-corrected chi connectivity index (χ1v) is 10.5. The molecule has 1 fully saturated rings. The summed E-state index contributed by atoms with van der Waals surface area (Å²) in [4.78, 5) is 9.13. The first-order valence-electron chi connectivity index (χ1n) is 10.5. The van der Waals surface area contributed by atoms with Crippen molar-refractivity contribution >= 4 is 0 Å². The van der Waals surface area contributed by atoms with E-state index in [0.717, 1.165) is 49.8 Å². The lowest BCUT2D eigenvalue weighted by molar-refractivity contribution is 0.105. The van der Waals surface area contributed by atoms with E-state index in [1.807, 2.05) is 18.2 Å². The zero-order valence-corrected chi connectivity index (χ0v) is 17.9. The van der Waals surface area contributed by atoms with Crippen LogP contribution in [0.15, 0.2) is 42.7 Å². The molecule has 0 bridgehead atoms. The van der Waals surface area contributed by atoms with Gasteiger partial charge in [-0.3, -0.25) is 9.88 Å². The van der Waals surface area contributed by atoms with Crippen LogP contribution in [0.3, 0.4) is 0 Å². The molecule has 1 atom stereocenters. The fourth-order valence-corrected chi connectivity index (χ4v) is 3.66. The van der Waals surface area contributed by atoms with Gasteiger partial charge in [0.2, 0.25) is 0 Å². The monoisotopic (exact) mass is 398 g/mol. The van der Waals surface area contributed by atoms with Crippen LogP contribution in [-0.4, -0.2) is 67.2 Å². The van der Waals surface area contributed by atoms with Crippen molar-refractivity contribution in [3.8, 4) is 11.5 Å². The van der Waals surface area contributed by atoms with E-state index in [1.165, 1.54) is 18.7 Å². The molecule has 2 aromatic rings. The molecule has 1 aliphatic rings. The lowest BCUT2D eigenvalue weighted by Gasteiger charge is -2.37. The highest BCUT2D eigenvalue weighted by Crippen LogP contribution is 2.28. The second kappa shape index (κ2) is 11.1. The van der Waals surface area contributed by atoms with Crippen LogP contribution in [0.5, 0.6) is 11.5 Å². The molecular weight excluding hydrogens is 364 g/mol. The number of methoxy groups -OCH3 is 1. The Kier molecular flexibility index (Phi) is 8.28. The molecule has 1 aromatic heterocycles. The summed E-state index contributed by atoms with van der Waals surface area (Å²) in [5, 5.41) is 3.59. The molecule has 6 heteroatoms. The molecule has 0 spiro atoms. The smallest absolute Gasteiger partial charge is 0.161 e. The van der Waals surface area contributed by atoms with Gasteiger partial charge >= 0.3 is 0 Å². The first-order chi connectivity index (χ1) is 14.2. The van der Waals surface area contributed by atoms with Crippen LogP contribution < -0.4 is 14.8 Å². The minimum atomic E-state index is 0.499. The van der Waals surface area contributed by atoms with E-state index in [4.69, 9.17) is 9.47 Å². The Bertz CT molecular complexity index is 733. The van der Waals surface area contributed by atoms with Gasteiger partial charge in [-0.25, -0.2) is 0 Å². The summed E-state index contributed by atoms with van der Waals surface area (Å²) in [5.41, 5.74) is 2.28. The Morgan fingerprint density at radius 2 is 1.79 bits per heavy atom. The molecule has 3 rings (SSSR count). The number of aromatic nitrogens is 1. The molecule has 0 radical (unpaired) electrons. The molecular formula is C23H34N4O2. The molecule has 1 aliphatic heterocycles. The quantitative estimate of drug-likeness (QED) is 0.664. The van der Waals surface area contributed by atoms with Crippen LogP contribution in [0.2, 0.25) is 0 Å². The average Bonchev–Trinajstić information content (AvgIpc) is 2.78. The highest BCUT2D eigenvalue weighted by molar-refractivity contribution is 5.43. The van der Waals surface area contributed by atoms with Gasteiger partial charge in [0.15, 0.2) is 11.5 Å². The third-order valence-electron chi connectivity index (χ3n) is 5.62. The van der Waals surface area contributed by atoms with Crippen molar-refractivity contribution in [2.24, 2.45) is 0 Å². The Morgan fingerprint density at radius 3 is 2.48 bits per heavy atom. The van der Waals surface area contributed by atoms with E-state index in [2.05, 4.69) is 46.1 Å². The Hall–Kier alpha value is -2.15. The van der Waals surface area contributed by atoms with Crippen molar-refractivity contribution in [3.05, 3.63) is 53.9 Å². The maximum Gasteiger partial charge on any atom is 0.161 e. The van der Waals surface area contributed by atoms with Gasteiger partial charge in [0.25, 0.3) is 0 Å². The highest BCUT2D eigenvalue weighted by Gasteiger charge is 2.19. The van der Waals surface area contributed by atoms with E-state index in [0.29, 0.717) is 12.6 Å². The maximum atomic E-state index is 5.93. The van der Waals surface area contributed by atoms with Crippen molar-refractivity contribution in [2.45, 2.75) is 33.0 Å². The fourth-order valence-electron chi connectivity index (χ4n) is 3.66. The standard InChI is InChI=1S/C23H34N4O2/c1-4-26-11-13-27(14-12-26)19(2)16-25-17-21-5-6-22(23(15-21)28-3)29-18-20-7-9-24-10-8-20/h5-10,15,19,25H,4,11-14,16-18H2,1-3H3. The maximum absolute atomic E-state index is 5.93. The predicted molar refractivity (Wildman–Crippen MR) is 116 cm³/mol. The van der Waals surface area contributed by atoms with Gasteiger partial charge in [-0.05, 0) is 48.9 Å². The number of ether oxygens (including phenoxy) is 2. The van der Waals surface area contributed by atoms with E-state index in [9.17, 15) is 0 Å². The van der Waals surface area contributed by atoms with Gasteiger partial charge in [-0.1, -0.05) is 13.0 Å². The van der Waals surface area contributed by atoms with Crippen molar-refractivity contribution in [1.82, 2.24) is 20.1 Å². The molecule has 158 valence electrons. The number of hydrogen-bond acceptors (Lipinski definition) is 6. The van der Waals surface area contributed by atoms with Crippen molar-refractivity contribution in [2.75, 3.05) is 46.4 Å². The number of rotatable bonds is 10. The Balaban J connectivity index is 1.46. The highest BCUT2D eigenvalue weighted by atomic mass is 16.5. The van der Waals surface area contributed by atoms with E-state index in [1.54, 1.807) is 19.5 Å². The summed E-state index contributed by atoms with van der Waals surface area (Å²) in [6.07, 6.45) is 3.55. The average molecular weight is 399 g/mol.